The predicted molar refractivity (Wildman–Crippen MR) is 127 cm³/mol. The Balaban J connectivity index is 1.58. The van der Waals surface area contributed by atoms with Crippen molar-refractivity contribution in [2.45, 2.75) is 47.0 Å². The molecule has 0 fully saturated rings. The molecule has 4 rings (SSSR count). The van der Waals surface area contributed by atoms with E-state index in [0.29, 0.717) is 46.2 Å². The SMILES string of the molecule is Cc1cccc(C(=O)N/N=C2\CCCc3oc(C(=O)Oc4cc(C)c(Cl)c(C)c4)c(C)c32)c1. The first-order valence-electron chi connectivity index (χ1n) is 10.8. The third kappa shape index (κ3) is 4.71. The highest BCUT2D eigenvalue weighted by Crippen LogP contribution is 2.31. The summed E-state index contributed by atoms with van der Waals surface area (Å²) >= 11 is 6.21. The summed E-state index contributed by atoms with van der Waals surface area (Å²) < 4.78 is 11.5. The molecule has 0 radical (unpaired) electrons. The van der Waals surface area contributed by atoms with Gasteiger partial charge >= 0.3 is 5.97 Å². The fourth-order valence-corrected chi connectivity index (χ4v) is 4.17. The molecular weight excluding hydrogens is 440 g/mol. The minimum absolute atomic E-state index is 0.143. The largest absolute Gasteiger partial charge is 0.453 e. The van der Waals surface area contributed by atoms with Gasteiger partial charge in [-0.2, -0.15) is 5.10 Å². The van der Waals surface area contributed by atoms with Crippen LogP contribution in [0, 0.1) is 27.7 Å². The Labute approximate surface area is 197 Å². The normalized spacial score (nSPS) is 14.2. The quantitative estimate of drug-likeness (QED) is 0.298. The van der Waals surface area contributed by atoms with Crippen LogP contribution in [0.4, 0.5) is 0 Å². The van der Waals surface area contributed by atoms with E-state index in [2.05, 4.69) is 10.5 Å². The number of furan rings is 1. The monoisotopic (exact) mass is 464 g/mol. The second-order valence-electron chi connectivity index (χ2n) is 8.34. The van der Waals surface area contributed by atoms with E-state index in [1.165, 1.54) is 0 Å². The topological polar surface area (TPSA) is 80.9 Å². The van der Waals surface area contributed by atoms with Crippen molar-refractivity contribution < 1.29 is 18.7 Å². The number of ether oxygens (including phenoxy) is 1. The summed E-state index contributed by atoms with van der Waals surface area (Å²) in [7, 11) is 0. The van der Waals surface area contributed by atoms with Crippen molar-refractivity contribution in [2.75, 3.05) is 0 Å². The zero-order valence-electron chi connectivity index (χ0n) is 19.0. The third-order valence-corrected chi connectivity index (χ3v) is 6.30. The van der Waals surface area contributed by atoms with Crippen LogP contribution < -0.4 is 10.2 Å². The molecule has 1 N–H and O–H groups in total. The van der Waals surface area contributed by atoms with Gasteiger partial charge < -0.3 is 9.15 Å². The van der Waals surface area contributed by atoms with Crippen molar-refractivity contribution in [3.8, 4) is 5.75 Å². The smallest absolute Gasteiger partial charge is 0.379 e. The first-order valence-corrected chi connectivity index (χ1v) is 11.2. The molecule has 0 bridgehead atoms. The number of rotatable bonds is 4. The average Bonchev–Trinajstić information content (AvgIpc) is 3.13. The van der Waals surface area contributed by atoms with Gasteiger partial charge in [0.15, 0.2) is 0 Å². The van der Waals surface area contributed by atoms with Crippen molar-refractivity contribution >= 4 is 29.2 Å². The lowest BCUT2D eigenvalue weighted by Gasteiger charge is -2.13. The molecular formula is C26H25ClN2O4. The number of nitrogens with one attached hydrogen (secondary N) is 1. The van der Waals surface area contributed by atoms with Crippen LogP contribution in [-0.4, -0.2) is 17.6 Å². The van der Waals surface area contributed by atoms with Gasteiger partial charge in [-0.1, -0.05) is 29.3 Å². The first kappa shape index (κ1) is 22.8. The maximum Gasteiger partial charge on any atom is 0.379 e. The van der Waals surface area contributed by atoms with Crippen LogP contribution in [0.3, 0.4) is 0 Å². The Kier molecular flexibility index (Phi) is 6.38. The molecule has 1 aliphatic carbocycles. The second kappa shape index (κ2) is 9.24. The number of carbonyl (C=O) groups is 2. The molecule has 7 heteroatoms. The molecule has 1 aromatic heterocycles. The minimum atomic E-state index is -0.578. The molecule has 0 aliphatic heterocycles. The highest BCUT2D eigenvalue weighted by Gasteiger charge is 2.29. The summed E-state index contributed by atoms with van der Waals surface area (Å²) in [6, 6.07) is 10.7. The first-order chi connectivity index (χ1) is 15.7. The molecule has 33 heavy (non-hydrogen) atoms. The lowest BCUT2D eigenvalue weighted by atomic mass is 9.93. The average molecular weight is 465 g/mol. The molecule has 1 heterocycles. The highest BCUT2D eigenvalue weighted by molar-refractivity contribution is 6.32. The number of esters is 1. The number of amides is 1. The second-order valence-corrected chi connectivity index (χ2v) is 8.72. The summed E-state index contributed by atoms with van der Waals surface area (Å²) in [6.07, 6.45) is 2.17. The van der Waals surface area contributed by atoms with Crippen molar-refractivity contribution in [3.63, 3.8) is 0 Å². The third-order valence-electron chi connectivity index (χ3n) is 5.70. The van der Waals surface area contributed by atoms with Crippen LogP contribution in [0.15, 0.2) is 45.9 Å². The van der Waals surface area contributed by atoms with E-state index in [0.717, 1.165) is 28.7 Å². The molecule has 170 valence electrons. The van der Waals surface area contributed by atoms with Gasteiger partial charge in [-0.05, 0) is 75.9 Å². The summed E-state index contributed by atoms with van der Waals surface area (Å²) in [5, 5.41) is 5.02. The van der Waals surface area contributed by atoms with E-state index in [1.807, 2.05) is 32.9 Å². The molecule has 6 nitrogen and oxygen atoms in total. The molecule has 0 spiro atoms. The maximum absolute atomic E-state index is 12.9. The standard InChI is InChI=1S/C26H25ClN2O4/c1-14-7-5-8-18(11-14)25(30)29-28-20-9-6-10-21-22(20)17(4)24(33-21)26(31)32-19-12-15(2)23(27)16(3)13-19/h5,7-8,11-13H,6,9-10H2,1-4H3,(H,29,30)/b28-20+. The molecule has 1 aliphatic rings. The zero-order chi connectivity index (χ0) is 23.7. The molecule has 3 aromatic rings. The summed E-state index contributed by atoms with van der Waals surface area (Å²) in [4.78, 5) is 25.4. The molecule has 0 saturated heterocycles. The van der Waals surface area contributed by atoms with Gasteiger partial charge in [-0.3, -0.25) is 4.79 Å². The van der Waals surface area contributed by atoms with Crippen molar-refractivity contribution in [3.05, 3.63) is 86.3 Å². The van der Waals surface area contributed by atoms with Gasteiger partial charge in [0.2, 0.25) is 5.76 Å². The van der Waals surface area contributed by atoms with E-state index in [4.69, 9.17) is 20.8 Å². The Morgan fingerprint density at radius 1 is 1.06 bits per heavy atom. The number of nitrogens with zero attached hydrogens (tertiary/aromatic N) is 1. The van der Waals surface area contributed by atoms with Gasteiger partial charge in [0.1, 0.15) is 11.5 Å². The van der Waals surface area contributed by atoms with E-state index in [-0.39, 0.29) is 11.7 Å². The minimum Gasteiger partial charge on any atom is -0.453 e. The maximum atomic E-state index is 12.9. The Hall–Kier alpha value is -3.38. The molecule has 0 saturated carbocycles. The van der Waals surface area contributed by atoms with Crippen LogP contribution in [0.1, 0.15) is 67.3 Å². The van der Waals surface area contributed by atoms with Gasteiger partial charge in [-0.25, -0.2) is 10.2 Å². The molecule has 1 amide bonds. The van der Waals surface area contributed by atoms with Gasteiger partial charge in [-0.15, -0.1) is 0 Å². The predicted octanol–water partition coefficient (Wildman–Crippen LogP) is 5.86. The van der Waals surface area contributed by atoms with E-state index < -0.39 is 5.97 Å². The van der Waals surface area contributed by atoms with Crippen LogP contribution in [0.5, 0.6) is 5.75 Å². The van der Waals surface area contributed by atoms with E-state index >= 15 is 0 Å². The van der Waals surface area contributed by atoms with Gasteiger partial charge in [0, 0.05) is 28.1 Å². The number of halogens is 1. The van der Waals surface area contributed by atoms with Crippen LogP contribution in [0.2, 0.25) is 5.02 Å². The number of hydrogen-bond donors (Lipinski definition) is 1. The molecule has 0 atom stereocenters. The van der Waals surface area contributed by atoms with Crippen LogP contribution >= 0.6 is 11.6 Å². The van der Waals surface area contributed by atoms with E-state index in [1.54, 1.807) is 31.2 Å². The van der Waals surface area contributed by atoms with Gasteiger partial charge in [0.25, 0.3) is 5.91 Å². The summed E-state index contributed by atoms with van der Waals surface area (Å²) in [5.41, 5.74) is 7.94. The van der Waals surface area contributed by atoms with E-state index in [9.17, 15) is 9.59 Å². The van der Waals surface area contributed by atoms with Crippen molar-refractivity contribution in [1.82, 2.24) is 5.43 Å². The number of hydrazone groups is 1. The lowest BCUT2D eigenvalue weighted by molar-refractivity contribution is 0.0698. The van der Waals surface area contributed by atoms with Crippen LogP contribution in [-0.2, 0) is 6.42 Å². The zero-order valence-corrected chi connectivity index (χ0v) is 19.8. The Morgan fingerprint density at radius 2 is 1.79 bits per heavy atom. The van der Waals surface area contributed by atoms with Crippen LogP contribution in [0.25, 0.3) is 0 Å². The highest BCUT2D eigenvalue weighted by atomic mass is 35.5. The number of carbonyl (C=O) groups excluding carboxylic acids is 2. The van der Waals surface area contributed by atoms with Crippen molar-refractivity contribution in [1.29, 1.82) is 0 Å². The summed E-state index contributed by atoms with van der Waals surface area (Å²) in [5.74, 6) is 0.369. The number of fused-ring (bicyclic) bond motifs is 1. The number of hydrogen-bond acceptors (Lipinski definition) is 5. The Bertz CT molecular complexity index is 1270. The Morgan fingerprint density at radius 3 is 2.48 bits per heavy atom. The fraction of sp³-hybridized carbons (Fsp3) is 0.269. The number of benzene rings is 2. The fourth-order valence-electron chi connectivity index (χ4n) is 4.06. The number of aryl methyl sites for hydroxylation is 4. The summed E-state index contributed by atoms with van der Waals surface area (Å²) in [6.45, 7) is 7.45. The molecule has 0 unspecified atom stereocenters. The van der Waals surface area contributed by atoms with Crippen molar-refractivity contribution in [2.24, 2.45) is 5.10 Å². The molecule has 2 aromatic carbocycles. The lowest BCUT2D eigenvalue weighted by Crippen LogP contribution is -2.22. The van der Waals surface area contributed by atoms with Gasteiger partial charge in [0.05, 0.1) is 5.71 Å².